The lowest BCUT2D eigenvalue weighted by atomic mass is 10.0. The minimum Gasteiger partial charge on any atom is -0.497 e. The van der Waals surface area contributed by atoms with Crippen molar-refractivity contribution in [2.45, 2.75) is 6.92 Å². The van der Waals surface area contributed by atoms with Crippen LogP contribution in [0, 0.1) is 6.92 Å². The van der Waals surface area contributed by atoms with E-state index in [1.165, 1.54) is 7.05 Å². The average molecular weight is 431 g/mol. The maximum atomic E-state index is 11.9. The van der Waals surface area contributed by atoms with Crippen molar-refractivity contribution < 1.29 is 19.0 Å². The summed E-state index contributed by atoms with van der Waals surface area (Å²) in [5.74, 6) is 1.44. The van der Waals surface area contributed by atoms with Gasteiger partial charge in [-0.25, -0.2) is 9.78 Å². The van der Waals surface area contributed by atoms with Crippen molar-refractivity contribution in [1.82, 2.24) is 10.3 Å². The van der Waals surface area contributed by atoms with Gasteiger partial charge in [-0.3, -0.25) is 0 Å². The van der Waals surface area contributed by atoms with Crippen LogP contribution in [0.4, 0.5) is 16.2 Å². The Labute approximate surface area is 186 Å². The molecule has 0 aliphatic carbocycles. The molecule has 0 unspecified atom stereocenters. The van der Waals surface area contributed by atoms with E-state index >= 15 is 0 Å². The van der Waals surface area contributed by atoms with Crippen LogP contribution in [0.15, 0.2) is 60.7 Å². The number of anilines is 2. The van der Waals surface area contributed by atoms with Crippen LogP contribution in [0.2, 0.25) is 0 Å². The Morgan fingerprint density at radius 1 is 1.00 bits per heavy atom. The molecule has 164 valence electrons. The lowest BCUT2D eigenvalue weighted by Gasteiger charge is -2.28. The predicted octanol–water partition coefficient (Wildman–Crippen LogP) is 5.17. The third-order valence-electron chi connectivity index (χ3n) is 5.39. The van der Waals surface area contributed by atoms with Crippen molar-refractivity contribution in [3.05, 3.63) is 66.2 Å². The Hall–Kier alpha value is -4.00. The largest absolute Gasteiger partial charge is 0.497 e. The first-order chi connectivity index (χ1) is 15.5. The molecule has 1 N–H and O–H groups in total. The zero-order valence-electron chi connectivity index (χ0n) is 18.5. The topological polar surface area (TPSA) is 72.9 Å². The van der Waals surface area contributed by atoms with E-state index in [-0.39, 0.29) is 6.73 Å². The van der Waals surface area contributed by atoms with Crippen LogP contribution >= 0.6 is 0 Å². The van der Waals surface area contributed by atoms with Gasteiger partial charge in [0.15, 0.2) is 6.73 Å². The maximum Gasteiger partial charge on any atom is 0.408 e. The van der Waals surface area contributed by atoms with Crippen molar-refractivity contribution in [3.8, 4) is 11.5 Å². The van der Waals surface area contributed by atoms with E-state index in [2.05, 4.69) is 11.4 Å². The summed E-state index contributed by atoms with van der Waals surface area (Å²) in [6.45, 7) is 2.01. The molecule has 3 aromatic carbocycles. The molecule has 4 aromatic rings. The van der Waals surface area contributed by atoms with Gasteiger partial charge in [0.05, 0.1) is 30.9 Å². The highest BCUT2D eigenvalue weighted by atomic mass is 16.6. The van der Waals surface area contributed by atoms with Crippen molar-refractivity contribution in [2.75, 3.05) is 32.9 Å². The number of carbonyl (C=O) groups is 1. The Morgan fingerprint density at radius 3 is 2.47 bits per heavy atom. The number of benzene rings is 3. The van der Waals surface area contributed by atoms with Crippen LogP contribution in [0.5, 0.6) is 11.5 Å². The van der Waals surface area contributed by atoms with Crippen LogP contribution in [0.25, 0.3) is 21.8 Å². The van der Waals surface area contributed by atoms with Gasteiger partial charge in [0.2, 0.25) is 0 Å². The summed E-state index contributed by atoms with van der Waals surface area (Å²) in [4.78, 5) is 18.7. The molecule has 1 heterocycles. The second-order valence-corrected chi connectivity index (χ2v) is 7.24. The van der Waals surface area contributed by atoms with Gasteiger partial charge >= 0.3 is 6.09 Å². The Bertz CT molecular complexity index is 1270. The van der Waals surface area contributed by atoms with Crippen molar-refractivity contribution >= 4 is 39.3 Å². The number of hydrogen-bond acceptors (Lipinski definition) is 6. The number of carbonyl (C=O) groups excluding carboxylic acids is 1. The smallest absolute Gasteiger partial charge is 0.408 e. The van der Waals surface area contributed by atoms with E-state index in [0.29, 0.717) is 5.75 Å². The van der Waals surface area contributed by atoms with E-state index in [1.54, 1.807) is 14.2 Å². The molecule has 0 aliphatic rings. The fourth-order valence-corrected chi connectivity index (χ4v) is 3.77. The highest BCUT2D eigenvalue weighted by Gasteiger charge is 2.21. The van der Waals surface area contributed by atoms with Gasteiger partial charge < -0.3 is 24.4 Å². The summed E-state index contributed by atoms with van der Waals surface area (Å²) in [7, 11) is 4.80. The predicted molar refractivity (Wildman–Crippen MR) is 126 cm³/mol. The quantitative estimate of drug-likeness (QED) is 0.336. The number of aromatic nitrogens is 1. The number of amides is 1. The molecular formula is C25H25N3O4. The molecule has 32 heavy (non-hydrogen) atoms. The highest BCUT2D eigenvalue weighted by molar-refractivity contribution is 6.03. The van der Waals surface area contributed by atoms with Gasteiger partial charge in [0.25, 0.3) is 0 Å². The first-order valence-corrected chi connectivity index (χ1v) is 10.2. The molecule has 7 heteroatoms. The lowest BCUT2D eigenvalue weighted by molar-refractivity contribution is 0.151. The number of hydrogen-bond donors (Lipinski definition) is 1. The summed E-state index contributed by atoms with van der Waals surface area (Å²) in [5.41, 5.74) is 4.24. The summed E-state index contributed by atoms with van der Waals surface area (Å²) in [6, 6.07) is 19.6. The maximum absolute atomic E-state index is 11.9. The van der Waals surface area contributed by atoms with E-state index < -0.39 is 6.09 Å². The fourth-order valence-electron chi connectivity index (χ4n) is 3.77. The van der Waals surface area contributed by atoms with Gasteiger partial charge in [-0.15, -0.1) is 0 Å². The van der Waals surface area contributed by atoms with Crippen LogP contribution in [0.3, 0.4) is 0 Å². The molecule has 7 nitrogen and oxygen atoms in total. The van der Waals surface area contributed by atoms with Crippen molar-refractivity contribution in [2.24, 2.45) is 0 Å². The van der Waals surface area contributed by atoms with Crippen molar-refractivity contribution in [3.63, 3.8) is 0 Å². The molecule has 4 rings (SSSR count). The van der Waals surface area contributed by atoms with Crippen molar-refractivity contribution in [1.29, 1.82) is 0 Å². The summed E-state index contributed by atoms with van der Waals surface area (Å²) < 4.78 is 16.5. The standard InChI is InChI=1S/C25H25N3O4/c1-16-23(31-4)14-22-20(12-17-10-11-19(30-3)13-21(17)27-22)24(16)28(15-32-25(29)26-2)18-8-6-5-7-9-18/h5-14H,15H2,1-4H3,(H,26,29). The number of methoxy groups -OCH3 is 2. The highest BCUT2D eigenvalue weighted by Crippen LogP contribution is 2.41. The third kappa shape index (κ3) is 3.97. The minimum absolute atomic E-state index is 0.0213. The van der Waals surface area contributed by atoms with Gasteiger partial charge in [0, 0.05) is 41.2 Å². The number of rotatable bonds is 6. The Balaban J connectivity index is 1.98. The first kappa shape index (κ1) is 21.2. The van der Waals surface area contributed by atoms with Crippen LogP contribution in [-0.4, -0.2) is 39.1 Å². The molecule has 0 bridgehead atoms. The number of pyridine rings is 1. The second-order valence-electron chi connectivity index (χ2n) is 7.24. The molecule has 0 atom stereocenters. The molecule has 0 radical (unpaired) electrons. The normalized spacial score (nSPS) is 10.8. The monoisotopic (exact) mass is 431 g/mol. The molecule has 0 saturated heterocycles. The SMILES string of the molecule is CNC(=O)OCN(c1ccccc1)c1c(C)c(OC)cc2nc3cc(OC)ccc3cc12. The fraction of sp³-hybridized carbons (Fsp3) is 0.200. The molecule has 0 saturated carbocycles. The zero-order valence-corrected chi connectivity index (χ0v) is 18.5. The molecular weight excluding hydrogens is 406 g/mol. The summed E-state index contributed by atoms with van der Waals surface area (Å²) in [6.07, 6.45) is -0.508. The van der Waals surface area contributed by atoms with E-state index in [4.69, 9.17) is 19.2 Å². The number of para-hydroxylation sites is 1. The molecule has 1 aromatic heterocycles. The van der Waals surface area contributed by atoms with E-state index in [1.807, 2.05) is 66.4 Å². The van der Waals surface area contributed by atoms with Gasteiger partial charge in [-0.05, 0) is 37.3 Å². The summed E-state index contributed by atoms with van der Waals surface area (Å²) >= 11 is 0. The molecule has 0 aliphatic heterocycles. The van der Waals surface area contributed by atoms with Crippen LogP contribution in [-0.2, 0) is 4.74 Å². The van der Waals surface area contributed by atoms with E-state index in [0.717, 1.165) is 44.5 Å². The second kappa shape index (κ2) is 9.01. The minimum atomic E-state index is -0.508. The number of ether oxygens (including phenoxy) is 3. The average Bonchev–Trinajstić information content (AvgIpc) is 2.83. The van der Waals surface area contributed by atoms with Crippen LogP contribution in [0.1, 0.15) is 5.56 Å². The summed E-state index contributed by atoms with van der Waals surface area (Å²) in [5, 5.41) is 4.39. The third-order valence-corrected chi connectivity index (χ3v) is 5.39. The first-order valence-electron chi connectivity index (χ1n) is 10.2. The van der Waals surface area contributed by atoms with Gasteiger partial charge in [0.1, 0.15) is 11.5 Å². The lowest BCUT2D eigenvalue weighted by Crippen LogP contribution is -2.28. The zero-order chi connectivity index (χ0) is 22.7. The van der Waals surface area contributed by atoms with Gasteiger partial charge in [-0.2, -0.15) is 0 Å². The Kier molecular flexibility index (Phi) is 5.98. The molecule has 0 fully saturated rings. The van der Waals surface area contributed by atoms with Crippen LogP contribution < -0.4 is 19.7 Å². The number of alkyl carbamates (subject to hydrolysis) is 1. The Morgan fingerprint density at radius 2 is 1.78 bits per heavy atom. The van der Waals surface area contributed by atoms with Gasteiger partial charge in [-0.1, -0.05) is 18.2 Å². The number of nitrogens with zero attached hydrogens (tertiary/aromatic N) is 2. The molecule has 1 amide bonds. The number of fused-ring (bicyclic) bond motifs is 2. The molecule has 0 spiro atoms. The van der Waals surface area contributed by atoms with E-state index in [9.17, 15) is 4.79 Å². The number of nitrogens with one attached hydrogen (secondary N) is 1.